The van der Waals surface area contributed by atoms with Gasteiger partial charge < -0.3 is 4.52 Å². The second-order valence-corrected chi connectivity index (χ2v) is 2.00. The van der Waals surface area contributed by atoms with Gasteiger partial charge in [0.05, 0.1) is 6.20 Å². The Balaban J connectivity index is 2.76. The van der Waals surface area contributed by atoms with Crippen LogP contribution in [0.15, 0.2) is 17.0 Å². The Hall–Kier alpha value is -1.45. The lowest BCUT2D eigenvalue weighted by Gasteiger charge is -1.86. The summed E-state index contributed by atoms with van der Waals surface area (Å²) in [5.74, 6) is 0.748. The second-order valence-electron chi connectivity index (χ2n) is 2.00. The van der Waals surface area contributed by atoms with E-state index in [9.17, 15) is 0 Å². The zero-order chi connectivity index (χ0) is 6.97. The van der Waals surface area contributed by atoms with Crippen LogP contribution in [0.3, 0.4) is 0 Å². The lowest BCUT2D eigenvalue weighted by Crippen LogP contribution is -1.77. The van der Waals surface area contributed by atoms with Gasteiger partial charge in [0.1, 0.15) is 23.5 Å². The van der Waals surface area contributed by atoms with E-state index in [1.807, 2.05) is 6.92 Å². The van der Waals surface area contributed by atoms with Gasteiger partial charge in [-0.2, -0.15) is 0 Å². The van der Waals surface area contributed by atoms with Gasteiger partial charge in [0.15, 0.2) is 0 Å². The standard InChI is InChI=1S/C6H5N3O/c1-4-8-5-2-7-10-3-6(5)9-4/h2-3H,1H3. The highest BCUT2D eigenvalue weighted by Gasteiger charge is 2.07. The molecule has 2 aliphatic rings. The van der Waals surface area contributed by atoms with Gasteiger partial charge >= 0.3 is 0 Å². The van der Waals surface area contributed by atoms with Crippen molar-refractivity contribution in [2.75, 3.05) is 0 Å². The van der Waals surface area contributed by atoms with E-state index in [4.69, 9.17) is 0 Å². The molecule has 50 valence electrons. The molecule has 10 heavy (non-hydrogen) atoms. The molecule has 0 spiro atoms. The van der Waals surface area contributed by atoms with Crippen LogP contribution in [0.2, 0.25) is 0 Å². The first-order chi connectivity index (χ1) is 4.86. The van der Waals surface area contributed by atoms with E-state index in [1.165, 1.54) is 6.26 Å². The third-order valence-corrected chi connectivity index (χ3v) is 1.23. The maximum Gasteiger partial charge on any atom is 0.150 e. The molecule has 0 aromatic heterocycles. The third-order valence-electron chi connectivity index (χ3n) is 1.23. The summed E-state index contributed by atoms with van der Waals surface area (Å²) >= 11 is 0. The fraction of sp³-hybridized carbons (Fsp3) is 0.167. The molecule has 0 aromatic rings. The van der Waals surface area contributed by atoms with Crippen LogP contribution in [-0.2, 0) is 0 Å². The zero-order valence-electron chi connectivity index (χ0n) is 5.40. The maximum atomic E-state index is 4.65. The summed E-state index contributed by atoms with van der Waals surface area (Å²) in [6.45, 7) is 1.83. The predicted molar refractivity (Wildman–Crippen MR) is 33.5 cm³/mol. The Labute approximate surface area is 57.2 Å². The van der Waals surface area contributed by atoms with E-state index in [-0.39, 0.29) is 0 Å². The number of hydrogen-bond donors (Lipinski definition) is 0. The minimum absolute atomic E-state index is 0.748. The molecule has 0 amide bonds. The number of imidazole rings is 1. The van der Waals surface area contributed by atoms with Crippen molar-refractivity contribution >= 4 is 0 Å². The summed E-state index contributed by atoms with van der Waals surface area (Å²) in [6.07, 6.45) is 3.03. The van der Waals surface area contributed by atoms with E-state index in [2.05, 4.69) is 19.6 Å². The number of nitrogens with zero attached hydrogens (tertiary/aromatic N) is 3. The van der Waals surface area contributed by atoms with Crippen molar-refractivity contribution in [2.45, 2.75) is 6.92 Å². The molecule has 4 nitrogen and oxygen atoms in total. The average molecular weight is 135 g/mol. The highest BCUT2D eigenvalue weighted by atomic mass is 16.4. The molecule has 0 aliphatic carbocycles. The molecule has 0 saturated carbocycles. The van der Waals surface area contributed by atoms with Crippen molar-refractivity contribution in [3.05, 3.63) is 18.3 Å². The first-order valence-corrected chi connectivity index (χ1v) is 2.90. The molecule has 0 fully saturated rings. The summed E-state index contributed by atoms with van der Waals surface area (Å²) in [6, 6.07) is 0. The molecule has 0 unspecified atom stereocenters. The van der Waals surface area contributed by atoms with E-state index < -0.39 is 0 Å². The predicted octanol–water partition coefficient (Wildman–Crippen LogP) is 0.878. The molecule has 0 aromatic carbocycles. The highest BCUT2D eigenvalue weighted by molar-refractivity contribution is 5.52. The minimum atomic E-state index is 0.748. The normalized spacial score (nSPS) is 10.5. The van der Waals surface area contributed by atoms with Crippen LogP contribution in [0.4, 0.5) is 0 Å². The molecule has 0 saturated heterocycles. The fourth-order valence-corrected chi connectivity index (χ4v) is 0.831. The van der Waals surface area contributed by atoms with E-state index in [1.54, 1.807) is 6.20 Å². The van der Waals surface area contributed by atoms with Crippen molar-refractivity contribution in [3.8, 4) is 11.4 Å². The molecule has 0 bridgehead atoms. The fourth-order valence-electron chi connectivity index (χ4n) is 0.831. The largest absolute Gasteiger partial charge is 0.362 e. The lowest BCUT2D eigenvalue weighted by molar-refractivity contribution is 0.399. The van der Waals surface area contributed by atoms with Crippen LogP contribution < -0.4 is 0 Å². The topological polar surface area (TPSA) is 51.8 Å². The van der Waals surface area contributed by atoms with E-state index in [0.717, 1.165) is 17.2 Å². The van der Waals surface area contributed by atoms with Crippen LogP contribution in [0.25, 0.3) is 11.4 Å². The Morgan fingerprint density at radius 1 is 1.30 bits per heavy atom. The number of aryl methyl sites for hydroxylation is 1. The molecule has 2 rings (SSSR count). The van der Waals surface area contributed by atoms with Crippen LogP contribution in [-0.4, -0.2) is 15.1 Å². The Kier molecular flexibility index (Phi) is 0.943. The Morgan fingerprint density at radius 3 is 2.90 bits per heavy atom. The molecule has 0 atom stereocenters. The number of fused-ring (bicyclic) bond motifs is 1. The van der Waals surface area contributed by atoms with Crippen LogP contribution in [0.5, 0.6) is 0 Å². The molecular formula is C6H5N3O. The van der Waals surface area contributed by atoms with Crippen LogP contribution in [0, 0.1) is 6.92 Å². The average Bonchev–Trinajstić information content (AvgIpc) is 2.27. The minimum Gasteiger partial charge on any atom is -0.362 e. The highest BCUT2D eigenvalue weighted by Crippen LogP contribution is 2.14. The third kappa shape index (κ3) is 0.655. The van der Waals surface area contributed by atoms with Gasteiger partial charge in [0, 0.05) is 0 Å². The SMILES string of the molecule is Cc1nc2cnocc-2n1. The lowest BCUT2D eigenvalue weighted by atomic mass is 10.4. The van der Waals surface area contributed by atoms with Crippen molar-refractivity contribution in [1.82, 2.24) is 15.1 Å². The van der Waals surface area contributed by atoms with Crippen molar-refractivity contribution in [2.24, 2.45) is 0 Å². The summed E-state index contributed by atoms with van der Waals surface area (Å²) in [7, 11) is 0. The van der Waals surface area contributed by atoms with Crippen molar-refractivity contribution in [1.29, 1.82) is 0 Å². The first kappa shape index (κ1) is 5.34. The van der Waals surface area contributed by atoms with Crippen LogP contribution in [0.1, 0.15) is 5.82 Å². The molecule has 0 N–H and O–H groups in total. The maximum absolute atomic E-state index is 4.65. The smallest absolute Gasteiger partial charge is 0.150 e. The number of rotatable bonds is 0. The summed E-state index contributed by atoms with van der Waals surface area (Å²) in [4.78, 5) is 8.15. The molecular weight excluding hydrogens is 130 g/mol. The summed E-state index contributed by atoms with van der Waals surface area (Å²) in [5, 5.41) is 3.55. The van der Waals surface area contributed by atoms with Gasteiger partial charge in [0.25, 0.3) is 0 Å². The summed E-state index contributed by atoms with van der Waals surface area (Å²) < 4.78 is 4.65. The molecule has 4 heteroatoms. The second kappa shape index (κ2) is 1.76. The summed E-state index contributed by atoms with van der Waals surface area (Å²) in [5.41, 5.74) is 1.54. The zero-order valence-corrected chi connectivity index (χ0v) is 5.40. The van der Waals surface area contributed by atoms with Gasteiger partial charge in [-0.05, 0) is 6.92 Å². The molecule has 0 radical (unpaired) electrons. The van der Waals surface area contributed by atoms with Crippen LogP contribution >= 0.6 is 0 Å². The van der Waals surface area contributed by atoms with E-state index >= 15 is 0 Å². The molecule has 2 heterocycles. The van der Waals surface area contributed by atoms with Gasteiger partial charge in [-0.3, -0.25) is 0 Å². The van der Waals surface area contributed by atoms with Crippen molar-refractivity contribution in [3.63, 3.8) is 0 Å². The van der Waals surface area contributed by atoms with Gasteiger partial charge in [-0.25, -0.2) is 9.97 Å². The van der Waals surface area contributed by atoms with E-state index in [0.29, 0.717) is 0 Å². The number of hydrogen-bond acceptors (Lipinski definition) is 4. The van der Waals surface area contributed by atoms with Gasteiger partial charge in [-0.1, -0.05) is 5.16 Å². The molecule has 2 aliphatic heterocycles. The Morgan fingerprint density at radius 2 is 2.10 bits per heavy atom. The van der Waals surface area contributed by atoms with Crippen molar-refractivity contribution < 1.29 is 4.52 Å². The first-order valence-electron chi connectivity index (χ1n) is 2.90. The monoisotopic (exact) mass is 135 g/mol. The van der Waals surface area contributed by atoms with Gasteiger partial charge in [0.2, 0.25) is 0 Å². The Bertz CT molecular complexity index is 287. The van der Waals surface area contributed by atoms with Gasteiger partial charge in [-0.15, -0.1) is 0 Å². The quantitative estimate of drug-likeness (QED) is 0.538. The number of aromatic nitrogens is 3.